The highest BCUT2D eigenvalue weighted by molar-refractivity contribution is 5.81. The van der Waals surface area contributed by atoms with Gasteiger partial charge >= 0.3 is 0 Å². The maximum absolute atomic E-state index is 11.6. The van der Waals surface area contributed by atoms with E-state index in [2.05, 4.69) is 5.32 Å². The minimum atomic E-state index is -0.418. The standard InChI is InChI=1S/C14H22N2O2/c1-3-7-13(15)14(17)16-10-11(2)18-12-8-5-4-6-9-12/h4-6,8-9,11,13H,3,7,10,15H2,1-2H3,(H,16,17). The number of hydrogen-bond donors (Lipinski definition) is 2. The Hall–Kier alpha value is -1.55. The number of nitrogens with two attached hydrogens (primary N) is 1. The first-order chi connectivity index (χ1) is 8.63. The molecule has 1 aromatic carbocycles. The number of nitrogens with one attached hydrogen (secondary N) is 1. The van der Waals surface area contributed by atoms with Crippen molar-refractivity contribution in [1.29, 1.82) is 0 Å². The third kappa shape index (κ3) is 5.19. The van der Waals surface area contributed by atoms with Gasteiger partial charge in [-0.05, 0) is 25.5 Å². The number of ether oxygens (including phenoxy) is 1. The largest absolute Gasteiger partial charge is 0.489 e. The second-order valence-electron chi connectivity index (χ2n) is 4.38. The maximum atomic E-state index is 11.6. The zero-order valence-electron chi connectivity index (χ0n) is 11.1. The fraction of sp³-hybridized carbons (Fsp3) is 0.500. The van der Waals surface area contributed by atoms with Gasteiger partial charge in [0.05, 0.1) is 12.6 Å². The second-order valence-corrected chi connectivity index (χ2v) is 4.38. The number of benzene rings is 1. The van der Waals surface area contributed by atoms with E-state index >= 15 is 0 Å². The van der Waals surface area contributed by atoms with Crippen LogP contribution in [0.25, 0.3) is 0 Å². The lowest BCUT2D eigenvalue weighted by molar-refractivity contribution is -0.122. The van der Waals surface area contributed by atoms with Gasteiger partial charge < -0.3 is 15.8 Å². The summed E-state index contributed by atoms with van der Waals surface area (Å²) in [6.07, 6.45) is 1.54. The molecule has 1 amide bonds. The molecule has 0 saturated carbocycles. The molecule has 0 aromatic heterocycles. The van der Waals surface area contributed by atoms with Crippen LogP contribution in [0.3, 0.4) is 0 Å². The van der Waals surface area contributed by atoms with Crippen LogP contribution in [0.4, 0.5) is 0 Å². The van der Waals surface area contributed by atoms with Crippen LogP contribution in [0, 0.1) is 0 Å². The van der Waals surface area contributed by atoms with Crippen molar-refractivity contribution in [3.63, 3.8) is 0 Å². The van der Waals surface area contributed by atoms with Crippen molar-refractivity contribution < 1.29 is 9.53 Å². The fourth-order valence-electron chi connectivity index (χ4n) is 1.59. The van der Waals surface area contributed by atoms with Crippen LogP contribution in [-0.4, -0.2) is 24.6 Å². The zero-order valence-corrected chi connectivity index (χ0v) is 11.1. The van der Waals surface area contributed by atoms with Gasteiger partial charge in [-0.1, -0.05) is 31.5 Å². The molecular weight excluding hydrogens is 228 g/mol. The van der Waals surface area contributed by atoms with Crippen LogP contribution < -0.4 is 15.8 Å². The molecule has 100 valence electrons. The van der Waals surface area contributed by atoms with Crippen LogP contribution in [-0.2, 0) is 4.79 Å². The molecule has 4 nitrogen and oxygen atoms in total. The zero-order chi connectivity index (χ0) is 13.4. The lowest BCUT2D eigenvalue weighted by atomic mass is 10.1. The molecule has 3 N–H and O–H groups in total. The first-order valence-corrected chi connectivity index (χ1v) is 6.38. The van der Waals surface area contributed by atoms with Crippen LogP contribution in [0.1, 0.15) is 26.7 Å². The summed E-state index contributed by atoms with van der Waals surface area (Å²) in [7, 11) is 0. The number of para-hydroxylation sites is 1. The van der Waals surface area contributed by atoms with Crippen LogP contribution in [0.15, 0.2) is 30.3 Å². The summed E-state index contributed by atoms with van der Waals surface area (Å²) in [5, 5.41) is 2.80. The Bertz CT molecular complexity index is 354. The molecule has 0 bridgehead atoms. The van der Waals surface area contributed by atoms with E-state index in [1.807, 2.05) is 44.2 Å². The van der Waals surface area contributed by atoms with E-state index < -0.39 is 6.04 Å². The minimum absolute atomic E-state index is 0.0785. The Morgan fingerprint density at radius 3 is 2.67 bits per heavy atom. The van der Waals surface area contributed by atoms with Crippen molar-refractivity contribution >= 4 is 5.91 Å². The lowest BCUT2D eigenvalue weighted by Crippen LogP contribution is -2.43. The van der Waals surface area contributed by atoms with Gasteiger partial charge in [0.15, 0.2) is 0 Å². The molecule has 0 spiro atoms. The van der Waals surface area contributed by atoms with Crippen molar-refractivity contribution in [2.24, 2.45) is 5.73 Å². The Labute approximate surface area is 109 Å². The molecule has 2 unspecified atom stereocenters. The molecular formula is C14H22N2O2. The molecule has 1 rings (SSSR count). The van der Waals surface area contributed by atoms with Gasteiger partial charge in [-0.2, -0.15) is 0 Å². The summed E-state index contributed by atoms with van der Waals surface area (Å²) in [6, 6.07) is 9.12. The predicted molar refractivity (Wildman–Crippen MR) is 72.4 cm³/mol. The van der Waals surface area contributed by atoms with Crippen molar-refractivity contribution in [3.8, 4) is 5.75 Å². The summed E-state index contributed by atoms with van der Waals surface area (Å²) >= 11 is 0. The summed E-state index contributed by atoms with van der Waals surface area (Å²) in [5.41, 5.74) is 5.71. The van der Waals surface area contributed by atoms with Crippen molar-refractivity contribution in [2.45, 2.75) is 38.8 Å². The van der Waals surface area contributed by atoms with E-state index in [0.29, 0.717) is 13.0 Å². The number of hydrogen-bond acceptors (Lipinski definition) is 3. The number of amides is 1. The summed E-state index contributed by atoms with van der Waals surface area (Å²) < 4.78 is 5.65. The molecule has 4 heteroatoms. The molecule has 0 aliphatic heterocycles. The smallest absolute Gasteiger partial charge is 0.237 e. The molecule has 0 saturated heterocycles. The highest BCUT2D eigenvalue weighted by Crippen LogP contribution is 2.10. The van der Waals surface area contributed by atoms with Crippen LogP contribution in [0.5, 0.6) is 5.75 Å². The Morgan fingerprint density at radius 2 is 2.06 bits per heavy atom. The first-order valence-electron chi connectivity index (χ1n) is 6.38. The Kier molecular flexibility index (Phi) is 6.22. The number of carbonyl (C=O) groups excluding carboxylic acids is 1. The van der Waals surface area contributed by atoms with Crippen molar-refractivity contribution in [1.82, 2.24) is 5.32 Å². The third-order valence-corrected chi connectivity index (χ3v) is 2.58. The Morgan fingerprint density at radius 1 is 1.39 bits per heavy atom. The van der Waals surface area contributed by atoms with Crippen LogP contribution in [0.2, 0.25) is 0 Å². The monoisotopic (exact) mass is 250 g/mol. The van der Waals surface area contributed by atoms with Gasteiger partial charge in [0.2, 0.25) is 5.91 Å². The average Bonchev–Trinajstić information content (AvgIpc) is 2.37. The van der Waals surface area contributed by atoms with Gasteiger partial charge in [-0.25, -0.2) is 0 Å². The van der Waals surface area contributed by atoms with E-state index in [-0.39, 0.29) is 12.0 Å². The molecule has 0 aliphatic carbocycles. The van der Waals surface area contributed by atoms with Gasteiger partial charge in [0, 0.05) is 0 Å². The quantitative estimate of drug-likeness (QED) is 0.774. The van der Waals surface area contributed by atoms with E-state index in [1.165, 1.54) is 0 Å². The van der Waals surface area contributed by atoms with Crippen molar-refractivity contribution in [3.05, 3.63) is 30.3 Å². The normalized spacial score (nSPS) is 13.7. The molecule has 0 heterocycles. The summed E-state index contributed by atoms with van der Waals surface area (Å²) in [4.78, 5) is 11.6. The summed E-state index contributed by atoms with van der Waals surface area (Å²) in [6.45, 7) is 4.39. The maximum Gasteiger partial charge on any atom is 0.237 e. The predicted octanol–water partition coefficient (Wildman–Crippen LogP) is 1.70. The fourth-order valence-corrected chi connectivity index (χ4v) is 1.59. The molecule has 0 aliphatic rings. The third-order valence-electron chi connectivity index (χ3n) is 2.58. The molecule has 18 heavy (non-hydrogen) atoms. The van der Waals surface area contributed by atoms with Gasteiger partial charge in [0.1, 0.15) is 11.9 Å². The van der Waals surface area contributed by atoms with E-state index in [0.717, 1.165) is 12.2 Å². The molecule has 0 fully saturated rings. The van der Waals surface area contributed by atoms with Crippen molar-refractivity contribution in [2.75, 3.05) is 6.54 Å². The highest BCUT2D eigenvalue weighted by atomic mass is 16.5. The lowest BCUT2D eigenvalue weighted by Gasteiger charge is -2.17. The number of rotatable bonds is 7. The van der Waals surface area contributed by atoms with Gasteiger partial charge in [-0.3, -0.25) is 4.79 Å². The van der Waals surface area contributed by atoms with Crippen LogP contribution >= 0.6 is 0 Å². The number of carbonyl (C=O) groups is 1. The first kappa shape index (κ1) is 14.5. The topological polar surface area (TPSA) is 64.4 Å². The highest BCUT2D eigenvalue weighted by Gasteiger charge is 2.13. The van der Waals surface area contributed by atoms with E-state index in [1.54, 1.807) is 0 Å². The van der Waals surface area contributed by atoms with Gasteiger partial charge in [-0.15, -0.1) is 0 Å². The average molecular weight is 250 g/mol. The Balaban J connectivity index is 2.29. The molecule has 2 atom stereocenters. The molecule has 0 radical (unpaired) electrons. The summed E-state index contributed by atoms with van der Waals surface area (Å²) in [5.74, 6) is 0.692. The molecule has 1 aromatic rings. The van der Waals surface area contributed by atoms with Gasteiger partial charge in [0.25, 0.3) is 0 Å². The van der Waals surface area contributed by atoms with E-state index in [4.69, 9.17) is 10.5 Å². The second kappa shape index (κ2) is 7.71. The van der Waals surface area contributed by atoms with E-state index in [9.17, 15) is 4.79 Å². The SMILES string of the molecule is CCCC(N)C(=O)NCC(C)Oc1ccccc1. The minimum Gasteiger partial charge on any atom is -0.489 e.